The standard InChI is InChI=1S/C28H32FN3O5S/c1-21(28(34)30-19-25-5-4-18-37-25)32(20-23-6-11-24(29)12-7-23)27(33)15-10-22-8-13-26(14-9-22)38(35,36)31-16-2-3-17-31/h4-9,11-14,18,21H,2-3,10,15-17,19-20H2,1H3,(H,30,34)/t21-/m0/s1. The topological polar surface area (TPSA) is 99.9 Å². The van der Waals surface area contributed by atoms with Gasteiger partial charge in [0.25, 0.3) is 0 Å². The van der Waals surface area contributed by atoms with Crippen LogP contribution >= 0.6 is 0 Å². The first-order valence-electron chi connectivity index (χ1n) is 12.7. The number of nitrogens with zero attached hydrogens (tertiary/aromatic N) is 2. The number of halogens is 1. The monoisotopic (exact) mass is 541 g/mol. The summed E-state index contributed by atoms with van der Waals surface area (Å²) in [5.41, 5.74) is 1.51. The highest BCUT2D eigenvalue weighted by Crippen LogP contribution is 2.22. The molecule has 1 fully saturated rings. The molecule has 0 bridgehead atoms. The Hall–Kier alpha value is -3.50. The zero-order valence-corrected chi connectivity index (χ0v) is 22.1. The van der Waals surface area contributed by atoms with Crippen molar-refractivity contribution < 1.29 is 26.8 Å². The highest BCUT2D eigenvalue weighted by molar-refractivity contribution is 7.89. The van der Waals surface area contributed by atoms with Crippen molar-refractivity contribution in [2.75, 3.05) is 13.1 Å². The summed E-state index contributed by atoms with van der Waals surface area (Å²) >= 11 is 0. The highest BCUT2D eigenvalue weighted by Gasteiger charge is 2.28. The van der Waals surface area contributed by atoms with Crippen LogP contribution in [-0.2, 0) is 39.1 Å². The Labute approximate surface area is 222 Å². The van der Waals surface area contributed by atoms with E-state index in [2.05, 4.69) is 5.32 Å². The first-order chi connectivity index (χ1) is 18.2. The number of sulfonamides is 1. The summed E-state index contributed by atoms with van der Waals surface area (Å²) in [4.78, 5) is 27.9. The molecule has 2 amide bonds. The van der Waals surface area contributed by atoms with Crippen LogP contribution in [0.2, 0.25) is 0 Å². The highest BCUT2D eigenvalue weighted by atomic mass is 32.2. The third-order valence-electron chi connectivity index (χ3n) is 6.70. The van der Waals surface area contributed by atoms with Gasteiger partial charge in [0.15, 0.2) is 0 Å². The second-order valence-corrected chi connectivity index (χ2v) is 11.3. The number of hydrogen-bond acceptors (Lipinski definition) is 5. The molecular weight excluding hydrogens is 509 g/mol. The minimum atomic E-state index is -3.50. The van der Waals surface area contributed by atoms with Gasteiger partial charge in [-0.15, -0.1) is 0 Å². The van der Waals surface area contributed by atoms with Gasteiger partial charge < -0.3 is 14.6 Å². The van der Waals surface area contributed by atoms with Crippen LogP contribution < -0.4 is 5.32 Å². The van der Waals surface area contributed by atoms with Crippen molar-refractivity contribution in [3.8, 4) is 0 Å². The number of furan rings is 1. The van der Waals surface area contributed by atoms with Gasteiger partial charge in [-0.1, -0.05) is 24.3 Å². The fraction of sp³-hybridized carbons (Fsp3) is 0.357. The van der Waals surface area contributed by atoms with E-state index in [0.29, 0.717) is 30.8 Å². The maximum Gasteiger partial charge on any atom is 0.243 e. The predicted octanol–water partition coefficient (Wildman–Crippen LogP) is 3.87. The molecule has 202 valence electrons. The van der Waals surface area contributed by atoms with Gasteiger partial charge in [0.2, 0.25) is 21.8 Å². The maximum atomic E-state index is 13.4. The third kappa shape index (κ3) is 6.87. The average molecular weight is 542 g/mol. The molecule has 1 N–H and O–H groups in total. The van der Waals surface area contributed by atoms with Crippen molar-refractivity contribution in [3.63, 3.8) is 0 Å². The number of carbonyl (C=O) groups is 2. The zero-order valence-electron chi connectivity index (χ0n) is 21.3. The first kappa shape index (κ1) is 27.5. The second-order valence-electron chi connectivity index (χ2n) is 9.38. The molecule has 1 saturated heterocycles. The Morgan fingerprint density at radius 3 is 2.32 bits per heavy atom. The number of hydrogen-bond donors (Lipinski definition) is 1. The molecule has 10 heteroatoms. The lowest BCUT2D eigenvalue weighted by atomic mass is 10.1. The van der Waals surface area contributed by atoms with Crippen molar-refractivity contribution >= 4 is 21.8 Å². The number of benzene rings is 2. The van der Waals surface area contributed by atoms with E-state index in [1.54, 1.807) is 55.5 Å². The summed E-state index contributed by atoms with van der Waals surface area (Å²) < 4.78 is 45.7. The largest absolute Gasteiger partial charge is 0.467 e. The Morgan fingerprint density at radius 1 is 1.03 bits per heavy atom. The molecular formula is C28H32FN3O5S. The predicted molar refractivity (Wildman–Crippen MR) is 140 cm³/mol. The van der Waals surface area contributed by atoms with Crippen molar-refractivity contribution in [1.29, 1.82) is 0 Å². The molecule has 3 aromatic rings. The Bertz CT molecular complexity index is 1320. The molecule has 2 heterocycles. The van der Waals surface area contributed by atoms with Gasteiger partial charge in [-0.3, -0.25) is 9.59 Å². The summed E-state index contributed by atoms with van der Waals surface area (Å²) in [6.07, 6.45) is 3.75. The fourth-order valence-electron chi connectivity index (χ4n) is 4.40. The lowest BCUT2D eigenvalue weighted by molar-refractivity contribution is -0.140. The van der Waals surface area contributed by atoms with E-state index in [4.69, 9.17) is 4.42 Å². The van der Waals surface area contributed by atoms with Gasteiger partial charge in [0.05, 0.1) is 17.7 Å². The van der Waals surface area contributed by atoms with Crippen LogP contribution in [0.4, 0.5) is 4.39 Å². The van der Waals surface area contributed by atoms with E-state index in [9.17, 15) is 22.4 Å². The molecule has 0 spiro atoms. The van der Waals surface area contributed by atoms with Crippen LogP contribution in [0.25, 0.3) is 0 Å². The number of aryl methyl sites for hydroxylation is 1. The number of carbonyl (C=O) groups excluding carboxylic acids is 2. The molecule has 1 atom stereocenters. The lowest BCUT2D eigenvalue weighted by Gasteiger charge is -2.29. The average Bonchev–Trinajstić information content (AvgIpc) is 3.65. The number of amides is 2. The molecule has 2 aromatic carbocycles. The van der Waals surface area contributed by atoms with E-state index >= 15 is 0 Å². The van der Waals surface area contributed by atoms with Crippen LogP contribution in [-0.4, -0.2) is 48.6 Å². The van der Waals surface area contributed by atoms with Crippen molar-refractivity contribution in [3.05, 3.63) is 89.6 Å². The van der Waals surface area contributed by atoms with Gasteiger partial charge in [0, 0.05) is 26.1 Å². The second kappa shape index (κ2) is 12.4. The van der Waals surface area contributed by atoms with Gasteiger partial charge in [0.1, 0.15) is 17.6 Å². The minimum Gasteiger partial charge on any atom is -0.467 e. The molecule has 38 heavy (non-hydrogen) atoms. The molecule has 1 aliphatic rings. The SMILES string of the molecule is C[C@@H](C(=O)NCc1ccco1)N(Cc1ccc(F)cc1)C(=O)CCc1ccc(S(=O)(=O)N2CCCC2)cc1. The van der Waals surface area contributed by atoms with Crippen molar-refractivity contribution in [2.45, 2.75) is 56.6 Å². The fourth-order valence-corrected chi connectivity index (χ4v) is 5.92. The molecule has 0 radical (unpaired) electrons. The molecule has 4 rings (SSSR count). The molecule has 0 saturated carbocycles. The normalized spacial score (nSPS) is 14.8. The Morgan fingerprint density at radius 2 is 1.68 bits per heavy atom. The van der Waals surface area contributed by atoms with Crippen molar-refractivity contribution in [1.82, 2.24) is 14.5 Å². The third-order valence-corrected chi connectivity index (χ3v) is 8.62. The quantitative estimate of drug-likeness (QED) is 0.397. The van der Waals surface area contributed by atoms with E-state index < -0.39 is 16.1 Å². The molecule has 1 aliphatic heterocycles. The first-order valence-corrected chi connectivity index (χ1v) is 14.1. The van der Waals surface area contributed by atoms with Crippen LogP contribution in [0, 0.1) is 5.82 Å². The van der Waals surface area contributed by atoms with E-state index in [1.807, 2.05) is 0 Å². The summed E-state index contributed by atoms with van der Waals surface area (Å²) in [6, 6.07) is 15.1. The van der Waals surface area contributed by atoms with Gasteiger partial charge in [-0.25, -0.2) is 12.8 Å². The Balaban J connectivity index is 1.42. The number of nitrogens with one attached hydrogen (secondary N) is 1. The van der Waals surface area contributed by atoms with Crippen molar-refractivity contribution in [2.24, 2.45) is 0 Å². The van der Waals surface area contributed by atoms with Crippen LogP contribution in [0.1, 0.15) is 43.1 Å². The van der Waals surface area contributed by atoms with Crippen LogP contribution in [0.3, 0.4) is 0 Å². The minimum absolute atomic E-state index is 0.120. The molecule has 1 aromatic heterocycles. The Kier molecular flexibility index (Phi) is 8.96. The molecule has 0 unspecified atom stereocenters. The molecule has 0 aliphatic carbocycles. The smallest absolute Gasteiger partial charge is 0.243 e. The van der Waals surface area contributed by atoms with Crippen LogP contribution in [0.5, 0.6) is 0 Å². The summed E-state index contributed by atoms with van der Waals surface area (Å²) in [5, 5.41) is 2.78. The van der Waals surface area contributed by atoms with E-state index in [-0.39, 0.29) is 42.0 Å². The van der Waals surface area contributed by atoms with Gasteiger partial charge in [-0.05, 0) is 73.7 Å². The lowest BCUT2D eigenvalue weighted by Crippen LogP contribution is -2.47. The molecule has 8 nitrogen and oxygen atoms in total. The maximum absolute atomic E-state index is 13.4. The summed E-state index contributed by atoms with van der Waals surface area (Å²) in [6.45, 7) is 3.06. The number of rotatable bonds is 11. The summed E-state index contributed by atoms with van der Waals surface area (Å²) in [5.74, 6) is -0.375. The zero-order chi connectivity index (χ0) is 27.1. The van der Waals surface area contributed by atoms with Gasteiger partial charge >= 0.3 is 0 Å². The summed E-state index contributed by atoms with van der Waals surface area (Å²) in [7, 11) is -3.50. The van der Waals surface area contributed by atoms with Gasteiger partial charge in [-0.2, -0.15) is 4.31 Å². The van der Waals surface area contributed by atoms with Crippen LogP contribution in [0.15, 0.2) is 76.2 Å². The van der Waals surface area contributed by atoms with E-state index in [0.717, 1.165) is 18.4 Å². The van der Waals surface area contributed by atoms with E-state index in [1.165, 1.54) is 27.6 Å².